The van der Waals surface area contributed by atoms with E-state index in [0.29, 0.717) is 0 Å². The lowest BCUT2D eigenvalue weighted by atomic mass is 9.60. The van der Waals surface area contributed by atoms with Gasteiger partial charge in [0, 0.05) is 50.4 Å². The molecule has 3 aliphatic carbocycles. The van der Waals surface area contributed by atoms with Crippen molar-refractivity contribution in [2.45, 2.75) is 193 Å². The summed E-state index contributed by atoms with van der Waals surface area (Å²) in [7, 11) is 0. The Balaban J connectivity index is 0.993. The largest absolute Gasteiger partial charge is 0.334 e. The summed E-state index contributed by atoms with van der Waals surface area (Å²) >= 11 is 0. The standard InChI is InChI=1S/C88H89N3/c1-54-49-68(57(4)77-80(54)89(61-33-19-14-20-34-61)86(10)46-28-25-43-83(77,86)7)72-52-71(60-31-17-13-18-32-60)64-39-40-66-73(69-50-55(2)81-78(58(69)5)84(8)44-26-29-47-87(84,11)90(81)62-35-21-15-22-36-62)53-74(67-42-41-65(72)75(64)76(66)67)70-51-56(3)82-79(59(70)6)85(9)45-27-30-48-88(85,12)91(82)63-37-23-16-24-38-63/h13-24,31-42,49-53H,25-30,43-48H2,1-12H3. The Morgan fingerprint density at radius 1 is 0.275 bits per heavy atom. The van der Waals surface area contributed by atoms with Crippen molar-refractivity contribution in [3.8, 4) is 44.5 Å². The fourth-order valence-corrected chi connectivity index (χ4v) is 21.4. The molecule has 3 heteroatoms. The molecule has 3 aliphatic heterocycles. The predicted octanol–water partition coefficient (Wildman–Crippen LogP) is 24.3. The molecule has 91 heavy (non-hydrogen) atoms. The zero-order valence-corrected chi connectivity index (χ0v) is 56.1. The number of rotatable bonds is 7. The number of hydrogen-bond acceptors (Lipinski definition) is 3. The molecule has 6 atom stereocenters. The van der Waals surface area contributed by atoms with Gasteiger partial charge in [0.25, 0.3) is 0 Å². The number of aryl methyl sites for hydroxylation is 3. The van der Waals surface area contributed by atoms with E-state index in [9.17, 15) is 0 Å². The van der Waals surface area contributed by atoms with E-state index in [4.69, 9.17) is 0 Å². The fourth-order valence-electron chi connectivity index (χ4n) is 21.4. The average Bonchev–Trinajstić information content (AvgIpc) is 1.60. The van der Waals surface area contributed by atoms with Crippen molar-refractivity contribution in [2.75, 3.05) is 14.7 Å². The van der Waals surface area contributed by atoms with Gasteiger partial charge in [-0.25, -0.2) is 0 Å². The van der Waals surface area contributed by atoms with E-state index in [2.05, 4.69) is 274 Å². The van der Waals surface area contributed by atoms with E-state index in [1.807, 2.05) is 0 Å². The number of nitrogens with zero attached hydrogens (tertiary/aromatic N) is 3. The third-order valence-electron chi connectivity index (χ3n) is 26.3. The first-order valence-corrected chi connectivity index (χ1v) is 34.7. The van der Waals surface area contributed by atoms with Crippen molar-refractivity contribution in [1.82, 2.24) is 0 Å². The van der Waals surface area contributed by atoms with Crippen molar-refractivity contribution in [3.05, 3.63) is 226 Å². The van der Waals surface area contributed by atoms with Crippen LogP contribution in [0.4, 0.5) is 34.1 Å². The van der Waals surface area contributed by atoms with Gasteiger partial charge in [0.05, 0.1) is 16.6 Å². The zero-order valence-electron chi connectivity index (χ0n) is 56.1. The van der Waals surface area contributed by atoms with E-state index in [-0.39, 0.29) is 32.9 Å². The summed E-state index contributed by atoms with van der Waals surface area (Å²) in [4.78, 5) is 8.37. The van der Waals surface area contributed by atoms with Crippen LogP contribution in [0.25, 0.3) is 76.8 Å². The molecule has 11 aromatic rings. The van der Waals surface area contributed by atoms with Gasteiger partial charge in [-0.05, 0) is 294 Å². The highest BCUT2D eigenvalue weighted by atomic mass is 15.3. The first-order chi connectivity index (χ1) is 43.9. The SMILES string of the molecule is Cc1cc(-c2cc(-c3ccccc3)c3ccc4c(-c5cc(C)c6c(c5C)C5(C)CCCCC5(C)N6c5ccccc5)cc(-c5cc(C)c6c(c5C)C5(C)CCCCC5(C)N6c5ccccc5)c5ccc2c3c45)c(C)c2c1N(c1ccccc1)C1(C)CCCCC21C. The summed E-state index contributed by atoms with van der Waals surface area (Å²) in [5, 5.41) is 8.10. The number of benzene rings is 11. The van der Waals surface area contributed by atoms with Crippen LogP contribution in [-0.2, 0) is 16.2 Å². The molecule has 17 rings (SSSR count). The quantitative estimate of drug-likeness (QED) is 0.147. The lowest BCUT2D eigenvalue weighted by Gasteiger charge is -2.50. The number of anilines is 6. The molecular formula is C88H89N3. The lowest BCUT2D eigenvalue weighted by molar-refractivity contribution is 0.194. The van der Waals surface area contributed by atoms with Gasteiger partial charge in [-0.15, -0.1) is 0 Å². The van der Waals surface area contributed by atoms with Crippen LogP contribution >= 0.6 is 0 Å². The molecule has 6 unspecified atom stereocenters. The summed E-state index contributed by atoms with van der Waals surface area (Å²) in [6.45, 7) is 30.5. The van der Waals surface area contributed by atoms with Crippen LogP contribution in [0.15, 0.2) is 176 Å². The second-order valence-electron chi connectivity index (χ2n) is 30.6. The van der Waals surface area contributed by atoms with Crippen LogP contribution in [0, 0.1) is 41.5 Å². The highest BCUT2D eigenvalue weighted by Gasteiger charge is 2.62. The first-order valence-electron chi connectivity index (χ1n) is 34.7. The lowest BCUT2D eigenvalue weighted by Crippen LogP contribution is -2.54. The molecule has 0 amide bonds. The number of hydrogen-bond donors (Lipinski definition) is 0. The molecule has 0 bridgehead atoms. The second-order valence-corrected chi connectivity index (χ2v) is 30.6. The van der Waals surface area contributed by atoms with E-state index in [1.165, 1.54) is 221 Å². The van der Waals surface area contributed by atoms with Crippen molar-refractivity contribution < 1.29 is 0 Å². The van der Waals surface area contributed by atoms with Crippen LogP contribution in [0.2, 0.25) is 0 Å². The maximum Gasteiger partial charge on any atom is 0.0518 e. The highest BCUT2D eigenvalue weighted by molar-refractivity contribution is 6.32. The summed E-state index contributed by atoms with van der Waals surface area (Å²) in [5.74, 6) is 0. The van der Waals surface area contributed by atoms with Gasteiger partial charge in [-0.2, -0.15) is 0 Å². The van der Waals surface area contributed by atoms with Gasteiger partial charge >= 0.3 is 0 Å². The van der Waals surface area contributed by atoms with Crippen molar-refractivity contribution in [3.63, 3.8) is 0 Å². The van der Waals surface area contributed by atoms with Gasteiger partial charge in [0.15, 0.2) is 0 Å². The number of fused-ring (bicyclic) bond motifs is 9. The molecular weight excluding hydrogens is 1100 g/mol. The Morgan fingerprint density at radius 3 is 0.846 bits per heavy atom. The second kappa shape index (κ2) is 19.7. The molecule has 0 N–H and O–H groups in total. The summed E-state index contributed by atoms with van der Waals surface area (Å²) in [6, 6.07) is 68.8. The third kappa shape index (κ3) is 7.28. The smallest absolute Gasteiger partial charge is 0.0518 e. The molecule has 0 radical (unpaired) electrons. The van der Waals surface area contributed by atoms with Gasteiger partial charge in [0.1, 0.15) is 0 Å². The van der Waals surface area contributed by atoms with Gasteiger partial charge in [-0.1, -0.05) is 168 Å². The molecule has 0 spiro atoms. The molecule has 6 aliphatic rings. The monoisotopic (exact) mass is 1190 g/mol. The topological polar surface area (TPSA) is 9.72 Å². The minimum absolute atomic E-state index is 0.0383. The molecule has 456 valence electrons. The Hall–Kier alpha value is -8.14. The van der Waals surface area contributed by atoms with Gasteiger partial charge in [0.2, 0.25) is 0 Å². The molecule has 3 nitrogen and oxygen atoms in total. The average molecular weight is 1190 g/mol. The highest BCUT2D eigenvalue weighted by Crippen LogP contribution is 2.68. The van der Waals surface area contributed by atoms with E-state index >= 15 is 0 Å². The van der Waals surface area contributed by atoms with Gasteiger partial charge < -0.3 is 14.7 Å². The molecule has 3 heterocycles. The predicted molar refractivity (Wildman–Crippen MR) is 389 cm³/mol. The number of para-hydroxylation sites is 3. The van der Waals surface area contributed by atoms with E-state index in [0.717, 1.165) is 0 Å². The maximum atomic E-state index is 2.79. The fraction of sp³-hybridized carbons (Fsp3) is 0.341. The van der Waals surface area contributed by atoms with Crippen molar-refractivity contribution >= 4 is 66.4 Å². The summed E-state index contributed by atoms with van der Waals surface area (Å²) < 4.78 is 0. The molecule has 11 aromatic carbocycles. The Bertz CT molecular complexity index is 4670. The molecule has 3 fully saturated rings. The molecule has 3 saturated carbocycles. The van der Waals surface area contributed by atoms with Crippen LogP contribution in [-0.4, -0.2) is 16.6 Å². The summed E-state index contributed by atoms with van der Waals surface area (Å²) in [6.07, 6.45) is 14.5. The third-order valence-corrected chi connectivity index (χ3v) is 26.3. The van der Waals surface area contributed by atoms with Crippen LogP contribution in [0.1, 0.15) is 169 Å². The van der Waals surface area contributed by atoms with Crippen molar-refractivity contribution in [2.24, 2.45) is 0 Å². The van der Waals surface area contributed by atoms with E-state index < -0.39 is 0 Å². The molecule has 0 aromatic heterocycles. The minimum Gasteiger partial charge on any atom is -0.334 e. The van der Waals surface area contributed by atoms with Crippen molar-refractivity contribution in [1.29, 1.82) is 0 Å². The Morgan fingerprint density at radius 2 is 0.538 bits per heavy atom. The van der Waals surface area contributed by atoms with Gasteiger partial charge in [-0.3, -0.25) is 0 Å². The maximum absolute atomic E-state index is 2.79. The minimum atomic E-state index is -0.0710. The van der Waals surface area contributed by atoms with E-state index in [1.54, 1.807) is 16.7 Å². The summed E-state index contributed by atoms with van der Waals surface area (Å²) in [5.41, 5.74) is 31.6. The Kier molecular flexibility index (Phi) is 12.3. The zero-order chi connectivity index (χ0) is 62.5. The molecule has 0 saturated heterocycles. The van der Waals surface area contributed by atoms with Crippen LogP contribution in [0.5, 0.6) is 0 Å². The van der Waals surface area contributed by atoms with Crippen LogP contribution in [0.3, 0.4) is 0 Å². The first kappa shape index (κ1) is 56.8. The van der Waals surface area contributed by atoms with Crippen LogP contribution < -0.4 is 14.7 Å². The Labute approximate surface area is 541 Å². The normalized spacial score (nSPS) is 25.7.